The van der Waals surface area contributed by atoms with Gasteiger partial charge >= 0.3 is 6.09 Å². The Morgan fingerprint density at radius 3 is 2.68 bits per heavy atom. The zero-order chi connectivity index (χ0) is 18.4. The van der Waals surface area contributed by atoms with Crippen LogP contribution in [0.25, 0.3) is 0 Å². The van der Waals surface area contributed by atoms with Crippen molar-refractivity contribution in [3.8, 4) is 0 Å². The van der Waals surface area contributed by atoms with E-state index in [0.717, 1.165) is 5.56 Å². The van der Waals surface area contributed by atoms with Crippen LogP contribution in [0.4, 0.5) is 4.79 Å². The maximum atomic E-state index is 12.4. The first-order chi connectivity index (χ1) is 11.7. The van der Waals surface area contributed by atoms with E-state index < -0.39 is 5.60 Å². The molecule has 3 unspecified atom stereocenters. The number of carbonyl (C=O) groups is 1. The molecule has 0 spiro atoms. The molecule has 2 fully saturated rings. The van der Waals surface area contributed by atoms with Crippen LogP contribution >= 0.6 is 23.2 Å². The van der Waals surface area contributed by atoms with E-state index in [9.17, 15) is 4.79 Å². The SMILES string of the molecule is CO/N=C/C1C2CN(C(=O)OC(C)(C)C)CC12c1ccc(Cl)c(Cl)c1. The van der Waals surface area contributed by atoms with E-state index in [1.54, 1.807) is 11.0 Å². The summed E-state index contributed by atoms with van der Waals surface area (Å²) in [6, 6.07) is 5.65. The first-order valence-electron chi connectivity index (χ1n) is 8.19. The zero-order valence-corrected chi connectivity index (χ0v) is 16.3. The number of oxime groups is 1. The Kier molecular flexibility index (Phi) is 4.67. The number of hydrogen-bond acceptors (Lipinski definition) is 4. The molecule has 3 rings (SSSR count). The van der Waals surface area contributed by atoms with Crippen molar-refractivity contribution in [2.45, 2.75) is 31.8 Å². The van der Waals surface area contributed by atoms with Crippen molar-refractivity contribution in [3.63, 3.8) is 0 Å². The van der Waals surface area contributed by atoms with Gasteiger partial charge in [0, 0.05) is 30.6 Å². The highest BCUT2D eigenvalue weighted by atomic mass is 35.5. The van der Waals surface area contributed by atoms with Gasteiger partial charge in [0.2, 0.25) is 0 Å². The summed E-state index contributed by atoms with van der Waals surface area (Å²) in [6.45, 7) is 6.78. The third-order valence-corrected chi connectivity index (χ3v) is 5.63. The largest absolute Gasteiger partial charge is 0.444 e. The molecule has 1 aliphatic carbocycles. The summed E-state index contributed by atoms with van der Waals surface area (Å²) in [5.41, 5.74) is 0.329. The van der Waals surface area contributed by atoms with Crippen LogP contribution in [-0.4, -0.2) is 43.0 Å². The van der Waals surface area contributed by atoms with Crippen LogP contribution in [0.15, 0.2) is 23.4 Å². The first-order valence-corrected chi connectivity index (χ1v) is 8.95. The fourth-order valence-electron chi connectivity index (χ4n) is 3.78. The fourth-order valence-corrected chi connectivity index (χ4v) is 4.08. The van der Waals surface area contributed by atoms with Gasteiger partial charge in [-0.1, -0.05) is 34.4 Å². The minimum absolute atomic E-state index is 0.198. The van der Waals surface area contributed by atoms with Gasteiger partial charge in [0.05, 0.1) is 10.0 Å². The van der Waals surface area contributed by atoms with Gasteiger partial charge in [-0.2, -0.15) is 0 Å². The molecule has 0 radical (unpaired) electrons. The number of amides is 1. The Morgan fingerprint density at radius 1 is 1.36 bits per heavy atom. The molecule has 1 saturated heterocycles. The van der Waals surface area contributed by atoms with E-state index in [4.69, 9.17) is 32.8 Å². The van der Waals surface area contributed by atoms with Crippen molar-refractivity contribution in [2.24, 2.45) is 17.0 Å². The molecule has 1 aromatic rings. The number of hydrogen-bond donors (Lipinski definition) is 0. The highest BCUT2D eigenvalue weighted by Crippen LogP contribution is 2.63. The molecule has 7 heteroatoms. The lowest BCUT2D eigenvalue weighted by atomic mass is 9.93. The lowest BCUT2D eigenvalue weighted by molar-refractivity contribution is 0.0266. The summed E-state index contributed by atoms with van der Waals surface area (Å²) in [6.07, 6.45) is 1.53. The number of benzene rings is 1. The Bertz CT molecular complexity index is 717. The summed E-state index contributed by atoms with van der Waals surface area (Å²) < 4.78 is 5.51. The van der Waals surface area contributed by atoms with Crippen LogP contribution in [-0.2, 0) is 15.0 Å². The zero-order valence-electron chi connectivity index (χ0n) is 14.8. The number of fused-ring (bicyclic) bond motifs is 1. The molecular formula is C18H22Cl2N2O3. The highest BCUT2D eigenvalue weighted by molar-refractivity contribution is 6.42. The van der Waals surface area contributed by atoms with Gasteiger partial charge in [-0.25, -0.2) is 4.79 Å². The van der Waals surface area contributed by atoms with Crippen molar-refractivity contribution < 1.29 is 14.4 Å². The minimum atomic E-state index is -0.516. The normalized spacial score (nSPS) is 28.2. The van der Waals surface area contributed by atoms with E-state index >= 15 is 0 Å². The summed E-state index contributed by atoms with van der Waals surface area (Å²) in [5, 5.41) is 4.97. The van der Waals surface area contributed by atoms with Crippen molar-refractivity contribution in [2.75, 3.05) is 20.2 Å². The maximum absolute atomic E-state index is 12.4. The molecule has 0 N–H and O–H groups in total. The van der Waals surface area contributed by atoms with E-state index in [1.807, 2.05) is 39.1 Å². The third-order valence-electron chi connectivity index (χ3n) is 4.89. The van der Waals surface area contributed by atoms with Gasteiger partial charge in [0.15, 0.2) is 0 Å². The maximum Gasteiger partial charge on any atom is 0.410 e. The van der Waals surface area contributed by atoms with Crippen molar-refractivity contribution >= 4 is 35.5 Å². The van der Waals surface area contributed by atoms with Crippen molar-refractivity contribution in [1.82, 2.24) is 4.90 Å². The molecule has 2 aliphatic rings. The summed E-state index contributed by atoms with van der Waals surface area (Å²) in [5.74, 6) is 0.458. The quantitative estimate of drug-likeness (QED) is 0.574. The highest BCUT2D eigenvalue weighted by Gasteiger charge is 2.70. The Labute approximate surface area is 157 Å². The molecule has 1 amide bonds. The van der Waals surface area contributed by atoms with E-state index in [-0.39, 0.29) is 23.3 Å². The molecule has 1 aromatic carbocycles. The van der Waals surface area contributed by atoms with Crippen molar-refractivity contribution in [3.05, 3.63) is 33.8 Å². The van der Waals surface area contributed by atoms with Crippen LogP contribution in [0, 0.1) is 11.8 Å². The Balaban J connectivity index is 1.86. The fraction of sp³-hybridized carbons (Fsp3) is 0.556. The molecule has 1 heterocycles. The predicted octanol–water partition coefficient (Wildman–Crippen LogP) is 4.36. The third kappa shape index (κ3) is 3.32. The average molecular weight is 385 g/mol. The summed E-state index contributed by atoms with van der Waals surface area (Å²) in [7, 11) is 1.52. The molecule has 136 valence electrons. The number of likely N-dealkylation sites (tertiary alicyclic amines) is 1. The second-order valence-corrected chi connectivity index (χ2v) is 8.41. The van der Waals surface area contributed by atoms with Gasteiger partial charge in [-0.3, -0.25) is 0 Å². The number of ether oxygens (including phenoxy) is 1. The summed E-state index contributed by atoms with van der Waals surface area (Å²) >= 11 is 12.3. The van der Waals surface area contributed by atoms with Crippen LogP contribution in [0.2, 0.25) is 10.0 Å². The molecule has 1 saturated carbocycles. The standard InChI is InChI=1S/C18H22Cl2N2O3/c1-17(2,3)25-16(23)22-9-13-12(8-21-24-4)18(13,10-22)11-5-6-14(19)15(20)7-11/h5-8,12-13H,9-10H2,1-4H3/b21-8+. The Morgan fingerprint density at radius 2 is 2.08 bits per heavy atom. The van der Waals surface area contributed by atoms with E-state index in [2.05, 4.69) is 5.16 Å². The topological polar surface area (TPSA) is 51.1 Å². The molecule has 25 heavy (non-hydrogen) atoms. The van der Waals surface area contributed by atoms with Crippen LogP contribution in [0.5, 0.6) is 0 Å². The second kappa shape index (κ2) is 6.36. The van der Waals surface area contributed by atoms with Gasteiger partial charge in [0.25, 0.3) is 0 Å². The molecule has 5 nitrogen and oxygen atoms in total. The number of nitrogens with zero attached hydrogens (tertiary/aromatic N) is 2. The van der Waals surface area contributed by atoms with Crippen LogP contribution in [0.1, 0.15) is 26.3 Å². The molecule has 1 aliphatic heterocycles. The van der Waals surface area contributed by atoms with E-state index in [1.165, 1.54) is 7.11 Å². The number of halogens is 2. The van der Waals surface area contributed by atoms with E-state index in [0.29, 0.717) is 23.1 Å². The van der Waals surface area contributed by atoms with Crippen LogP contribution in [0.3, 0.4) is 0 Å². The number of piperidine rings is 1. The predicted molar refractivity (Wildman–Crippen MR) is 98.4 cm³/mol. The van der Waals surface area contributed by atoms with Gasteiger partial charge < -0.3 is 14.5 Å². The van der Waals surface area contributed by atoms with Crippen molar-refractivity contribution in [1.29, 1.82) is 0 Å². The lowest BCUT2D eigenvalue weighted by Gasteiger charge is -2.27. The lowest BCUT2D eigenvalue weighted by Crippen LogP contribution is -2.39. The number of rotatable bonds is 3. The molecule has 0 bridgehead atoms. The van der Waals surface area contributed by atoms with Gasteiger partial charge in [-0.05, 0) is 44.4 Å². The first kappa shape index (κ1) is 18.3. The average Bonchev–Trinajstić information content (AvgIpc) is 2.92. The second-order valence-electron chi connectivity index (χ2n) is 7.60. The van der Waals surface area contributed by atoms with Crippen LogP contribution < -0.4 is 0 Å². The minimum Gasteiger partial charge on any atom is -0.444 e. The van der Waals surface area contributed by atoms with Gasteiger partial charge in [0.1, 0.15) is 12.7 Å². The smallest absolute Gasteiger partial charge is 0.410 e. The Hall–Kier alpha value is -1.46. The molecule has 3 atom stereocenters. The number of carbonyl (C=O) groups excluding carboxylic acids is 1. The van der Waals surface area contributed by atoms with Gasteiger partial charge in [-0.15, -0.1) is 0 Å². The molecule has 0 aromatic heterocycles. The monoisotopic (exact) mass is 384 g/mol. The summed E-state index contributed by atoms with van der Waals surface area (Å²) in [4.78, 5) is 19.0. The molecular weight excluding hydrogens is 363 g/mol.